The highest BCUT2D eigenvalue weighted by Crippen LogP contribution is 2.57. The molecule has 0 radical (unpaired) electrons. The molecule has 0 aromatic heterocycles. The highest BCUT2D eigenvalue weighted by Gasteiger charge is 2.43. The van der Waals surface area contributed by atoms with Crippen LogP contribution in [-0.4, -0.2) is 5.71 Å². The maximum absolute atomic E-state index is 4.68. The van der Waals surface area contributed by atoms with E-state index in [9.17, 15) is 0 Å². The standard InChI is InChI=1S/C29H28N2P/c1-24(30-31-25(2)26-15-7-3-8-16-26)23-32(27-17-9-4-10-18-27,28-19-11-5-12-20-28)29-21-13-6-14-22-29/h3-23,30H,1-2H3/q+1/b24-23+,31-25-. The van der Waals surface area contributed by atoms with Crippen LogP contribution in [0.4, 0.5) is 0 Å². The Balaban J connectivity index is 1.84. The van der Waals surface area contributed by atoms with Gasteiger partial charge in [0.2, 0.25) is 0 Å². The third-order valence-corrected chi connectivity index (χ3v) is 9.58. The summed E-state index contributed by atoms with van der Waals surface area (Å²) < 4.78 is 0. The molecule has 4 rings (SSSR count). The quantitative estimate of drug-likeness (QED) is 0.220. The lowest BCUT2D eigenvalue weighted by molar-refractivity contribution is 0.889. The Morgan fingerprint density at radius 3 is 1.38 bits per heavy atom. The average Bonchev–Trinajstić information content (AvgIpc) is 2.88. The Bertz CT molecular complexity index is 1090. The van der Waals surface area contributed by atoms with E-state index >= 15 is 0 Å². The van der Waals surface area contributed by atoms with Crippen LogP contribution in [0.15, 0.2) is 138 Å². The third kappa shape index (κ3) is 4.72. The smallest absolute Gasteiger partial charge is 0.138 e. The zero-order valence-electron chi connectivity index (χ0n) is 18.5. The predicted octanol–water partition coefficient (Wildman–Crippen LogP) is 5.86. The van der Waals surface area contributed by atoms with Crippen molar-refractivity contribution in [1.29, 1.82) is 0 Å². The second-order valence-electron chi connectivity index (χ2n) is 7.72. The number of allylic oxidation sites excluding steroid dienone is 1. The highest BCUT2D eigenvalue weighted by molar-refractivity contribution is 7.98. The van der Waals surface area contributed by atoms with Gasteiger partial charge in [0.25, 0.3) is 0 Å². The first kappa shape index (κ1) is 21.7. The molecule has 0 aliphatic heterocycles. The van der Waals surface area contributed by atoms with Gasteiger partial charge in [-0.3, -0.25) is 5.43 Å². The van der Waals surface area contributed by atoms with E-state index in [-0.39, 0.29) is 0 Å². The van der Waals surface area contributed by atoms with Crippen LogP contribution in [0.2, 0.25) is 0 Å². The van der Waals surface area contributed by atoms with E-state index in [1.165, 1.54) is 15.9 Å². The van der Waals surface area contributed by atoms with Gasteiger partial charge in [-0.1, -0.05) is 84.9 Å². The average molecular weight is 436 g/mol. The maximum Gasteiger partial charge on any atom is 0.138 e. The van der Waals surface area contributed by atoms with Crippen LogP contribution in [0.3, 0.4) is 0 Å². The molecule has 3 heteroatoms. The molecule has 0 spiro atoms. The van der Waals surface area contributed by atoms with Gasteiger partial charge in [-0.05, 0) is 55.8 Å². The lowest BCUT2D eigenvalue weighted by atomic mass is 10.1. The van der Waals surface area contributed by atoms with Crippen molar-refractivity contribution in [2.75, 3.05) is 0 Å². The number of nitrogens with one attached hydrogen (secondary N) is 1. The van der Waals surface area contributed by atoms with E-state index in [1.807, 2.05) is 25.1 Å². The van der Waals surface area contributed by atoms with Gasteiger partial charge in [-0.25, -0.2) is 0 Å². The van der Waals surface area contributed by atoms with Gasteiger partial charge < -0.3 is 0 Å². The van der Waals surface area contributed by atoms with E-state index in [2.05, 4.69) is 126 Å². The summed E-state index contributed by atoms with van der Waals surface area (Å²) >= 11 is 0. The molecule has 32 heavy (non-hydrogen) atoms. The Labute approximate surface area is 191 Å². The molecule has 0 saturated carbocycles. The van der Waals surface area contributed by atoms with Crippen LogP contribution < -0.4 is 21.3 Å². The topological polar surface area (TPSA) is 24.4 Å². The molecule has 0 fully saturated rings. The summed E-state index contributed by atoms with van der Waals surface area (Å²) in [6, 6.07) is 42.7. The van der Waals surface area contributed by atoms with Crippen LogP contribution in [0.25, 0.3) is 0 Å². The molecule has 0 unspecified atom stereocenters. The van der Waals surface area contributed by atoms with Crippen LogP contribution in [0.5, 0.6) is 0 Å². The number of hydrazone groups is 1. The van der Waals surface area contributed by atoms with Gasteiger partial charge in [0.05, 0.1) is 17.2 Å². The van der Waals surface area contributed by atoms with E-state index in [4.69, 9.17) is 0 Å². The molecule has 1 N–H and O–H groups in total. The molecular formula is C29H28N2P+. The summed E-state index contributed by atoms with van der Waals surface area (Å²) in [6.07, 6.45) is 0. The van der Waals surface area contributed by atoms with Crippen molar-refractivity contribution in [3.8, 4) is 0 Å². The van der Waals surface area contributed by atoms with E-state index in [1.54, 1.807) is 0 Å². The summed E-state index contributed by atoms with van der Waals surface area (Å²) in [5.74, 6) is 2.40. The largest absolute Gasteiger partial charge is 0.279 e. The SMILES string of the molecule is C/C(=N/N/C(C)=C/[P+](c1ccccc1)(c1ccccc1)c1ccccc1)c1ccccc1. The first-order valence-corrected chi connectivity index (χ1v) is 12.7. The first-order chi connectivity index (χ1) is 15.7. The number of benzene rings is 4. The lowest BCUT2D eigenvalue weighted by Gasteiger charge is -2.24. The van der Waals surface area contributed by atoms with Gasteiger partial charge >= 0.3 is 0 Å². The van der Waals surface area contributed by atoms with Crippen LogP contribution in [0, 0.1) is 0 Å². The highest BCUT2D eigenvalue weighted by atomic mass is 31.2. The summed E-state index contributed by atoms with van der Waals surface area (Å²) in [4.78, 5) is 0. The van der Waals surface area contributed by atoms with E-state index in [0.717, 1.165) is 17.0 Å². The van der Waals surface area contributed by atoms with Crippen LogP contribution in [0.1, 0.15) is 19.4 Å². The number of hydrogen-bond acceptors (Lipinski definition) is 2. The number of nitrogens with zero attached hydrogens (tertiary/aromatic N) is 1. The Morgan fingerprint density at radius 2 is 0.969 bits per heavy atom. The predicted molar refractivity (Wildman–Crippen MR) is 141 cm³/mol. The molecule has 0 aliphatic carbocycles. The summed E-state index contributed by atoms with van der Waals surface area (Å²) in [7, 11) is -2.04. The summed E-state index contributed by atoms with van der Waals surface area (Å²) in [6.45, 7) is 4.13. The molecule has 0 bridgehead atoms. The van der Waals surface area contributed by atoms with Gasteiger partial charge in [0.15, 0.2) is 0 Å². The van der Waals surface area contributed by atoms with E-state index < -0.39 is 7.26 Å². The number of rotatable bonds is 7. The normalized spacial score (nSPS) is 12.4. The molecule has 0 amide bonds. The molecule has 4 aromatic carbocycles. The van der Waals surface area contributed by atoms with Crippen molar-refractivity contribution in [3.63, 3.8) is 0 Å². The Morgan fingerprint density at radius 1 is 0.594 bits per heavy atom. The Kier molecular flexibility index (Phi) is 6.94. The van der Waals surface area contributed by atoms with Crippen LogP contribution >= 0.6 is 7.26 Å². The fraction of sp³-hybridized carbons (Fsp3) is 0.0690. The van der Waals surface area contributed by atoms with Gasteiger partial charge in [0, 0.05) is 0 Å². The minimum absolute atomic E-state index is 0.960. The second-order valence-corrected chi connectivity index (χ2v) is 11.0. The zero-order chi connectivity index (χ0) is 22.2. The molecule has 4 aromatic rings. The van der Waals surface area contributed by atoms with Crippen LogP contribution in [-0.2, 0) is 0 Å². The van der Waals surface area contributed by atoms with Crippen molar-refractivity contribution in [2.24, 2.45) is 5.10 Å². The Hall–Kier alpha value is -3.48. The monoisotopic (exact) mass is 435 g/mol. The first-order valence-electron chi connectivity index (χ1n) is 10.8. The fourth-order valence-corrected chi connectivity index (χ4v) is 7.80. The summed E-state index contributed by atoms with van der Waals surface area (Å²) in [5, 5.41) is 8.64. The minimum atomic E-state index is -2.04. The maximum atomic E-state index is 4.68. The summed E-state index contributed by atoms with van der Waals surface area (Å²) in [5.41, 5.74) is 6.43. The van der Waals surface area contributed by atoms with Crippen molar-refractivity contribution >= 4 is 28.9 Å². The minimum Gasteiger partial charge on any atom is -0.279 e. The molecule has 0 saturated heterocycles. The molecule has 0 atom stereocenters. The molecule has 2 nitrogen and oxygen atoms in total. The van der Waals surface area contributed by atoms with Gasteiger partial charge in [-0.2, -0.15) is 5.10 Å². The molecule has 0 aliphatic rings. The molecular weight excluding hydrogens is 407 g/mol. The number of hydrogen-bond donors (Lipinski definition) is 1. The van der Waals surface area contributed by atoms with Crippen molar-refractivity contribution in [2.45, 2.75) is 13.8 Å². The molecule has 158 valence electrons. The van der Waals surface area contributed by atoms with Crippen molar-refractivity contribution < 1.29 is 0 Å². The lowest BCUT2D eigenvalue weighted by Crippen LogP contribution is -2.30. The van der Waals surface area contributed by atoms with Crippen molar-refractivity contribution in [3.05, 3.63) is 138 Å². The van der Waals surface area contributed by atoms with Gasteiger partial charge in [0.1, 0.15) is 23.2 Å². The van der Waals surface area contributed by atoms with Gasteiger partial charge in [-0.15, -0.1) is 0 Å². The second kappa shape index (κ2) is 10.2. The van der Waals surface area contributed by atoms with Crippen molar-refractivity contribution in [1.82, 2.24) is 5.43 Å². The van der Waals surface area contributed by atoms with E-state index in [0.29, 0.717) is 0 Å². The molecule has 0 heterocycles. The third-order valence-electron chi connectivity index (χ3n) is 5.47. The zero-order valence-corrected chi connectivity index (χ0v) is 19.4. The fourth-order valence-electron chi connectivity index (χ4n) is 3.90.